The third-order valence-corrected chi connectivity index (χ3v) is 4.38. The first-order chi connectivity index (χ1) is 11.8. The second-order valence-corrected chi connectivity index (χ2v) is 6.50. The van der Waals surface area contributed by atoms with Crippen molar-refractivity contribution in [3.05, 3.63) is 83.0 Å². The van der Waals surface area contributed by atoms with Gasteiger partial charge in [-0.1, -0.05) is 18.2 Å². The maximum atomic E-state index is 4.83. The van der Waals surface area contributed by atoms with Crippen LogP contribution in [0.5, 0.6) is 0 Å². The van der Waals surface area contributed by atoms with E-state index in [1.54, 1.807) is 12.4 Å². The van der Waals surface area contributed by atoms with Crippen LogP contribution in [0.2, 0.25) is 0 Å². The van der Waals surface area contributed by atoms with Crippen molar-refractivity contribution < 1.29 is 0 Å². The molecule has 4 nitrogen and oxygen atoms in total. The summed E-state index contributed by atoms with van der Waals surface area (Å²) in [7, 11) is 0. The maximum absolute atomic E-state index is 4.83. The number of halogens is 1. The van der Waals surface area contributed by atoms with Gasteiger partial charge in [-0.15, -0.1) is 0 Å². The smallest absolute Gasteiger partial charge is 0.145 e. The van der Waals surface area contributed by atoms with E-state index in [0.29, 0.717) is 0 Å². The number of nitrogens with zero attached hydrogens (tertiary/aromatic N) is 4. The number of rotatable bonds is 3. The second kappa shape index (κ2) is 6.52. The van der Waals surface area contributed by atoms with Crippen molar-refractivity contribution in [2.45, 2.75) is 0 Å². The third-order valence-electron chi connectivity index (χ3n) is 3.66. The highest BCUT2D eigenvalue weighted by Gasteiger charge is 2.13. The van der Waals surface area contributed by atoms with Gasteiger partial charge < -0.3 is 0 Å². The van der Waals surface area contributed by atoms with Crippen LogP contribution in [0.15, 0.2) is 79.4 Å². The molecule has 0 atom stereocenters. The van der Waals surface area contributed by atoms with E-state index in [1.165, 1.54) is 3.57 Å². The molecule has 0 aliphatic carbocycles. The van der Waals surface area contributed by atoms with E-state index in [1.807, 2.05) is 42.7 Å². The lowest BCUT2D eigenvalue weighted by Crippen LogP contribution is -1.96. The average Bonchev–Trinajstić information content (AvgIpc) is 3.09. The monoisotopic (exact) mass is 424 g/mol. The van der Waals surface area contributed by atoms with Crippen LogP contribution in [-0.4, -0.2) is 19.5 Å². The Balaban J connectivity index is 1.90. The molecule has 116 valence electrons. The standard InChI is InChI=1S/C19H13IN4/c20-15-8-6-14(7-9-15)19-23-18(17-5-1-2-11-22-17)13-24(19)16-4-3-10-21-12-16/h1-13H. The summed E-state index contributed by atoms with van der Waals surface area (Å²) in [6.07, 6.45) is 7.39. The van der Waals surface area contributed by atoms with E-state index in [4.69, 9.17) is 4.98 Å². The molecule has 0 aliphatic heterocycles. The highest BCUT2D eigenvalue weighted by Crippen LogP contribution is 2.27. The zero-order valence-corrected chi connectivity index (χ0v) is 14.8. The molecule has 0 aliphatic rings. The summed E-state index contributed by atoms with van der Waals surface area (Å²) in [5.74, 6) is 0.875. The fourth-order valence-corrected chi connectivity index (χ4v) is 2.87. The molecule has 0 saturated heterocycles. The molecule has 0 fully saturated rings. The SMILES string of the molecule is Ic1ccc(-c2nc(-c3ccccn3)cn2-c2cccnc2)cc1. The molecule has 0 spiro atoms. The van der Waals surface area contributed by atoms with Crippen molar-refractivity contribution >= 4 is 22.6 Å². The molecule has 0 unspecified atom stereocenters. The largest absolute Gasteiger partial charge is 0.298 e. The zero-order chi connectivity index (χ0) is 16.4. The number of hydrogen-bond acceptors (Lipinski definition) is 3. The van der Waals surface area contributed by atoms with Gasteiger partial charge in [-0.2, -0.15) is 0 Å². The van der Waals surface area contributed by atoms with Gasteiger partial charge in [0.05, 0.1) is 17.6 Å². The summed E-state index contributed by atoms with van der Waals surface area (Å²) < 4.78 is 3.25. The van der Waals surface area contributed by atoms with Crippen molar-refractivity contribution in [3.63, 3.8) is 0 Å². The fourth-order valence-electron chi connectivity index (χ4n) is 2.51. The summed E-state index contributed by atoms with van der Waals surface area (Å²) in [6, 6.07) is 18.1. The van der Waals surface area contributed by atoms with Crippen molar-refractivity contribution in [1.82, 2.24) is 19.5 Å². The lowest BCUT2D eigenvalue weighted by Gasteiger charge is -2.07. The molecule has 0 bridgehead atoms. The molecule has 3 aromatic heterocycles. The molecule has 0 radical (unpaired) electrons. The molecule has 5 heteroatoms. The van der Waals surface area contributed by atoms with E-state index in [0.717, 1.165) is 28.5 Å². The van der Waals surface area contributed by atoms with E-state index in [9.17, 15) is 0 Å². The molecule has 4 aromatic rings. The zero-order valence-electron chi connectivity index (χ0n) is 12.7. The number of pyridine rings is 2. The first-order valence-corrected chi connectivity index (χ1v) is 8.56. The number of imidazole rings is 1. The van der Waals surface area contributed by atoms with Crippen LogP contribution in [0.1, 0.15) is 0 Å². The van der Waals surface area contributed by atoms with Gasteiger partial charge >= 0.3 is 0 Å². The van der Waals surface area contributed by atoms with Crippen LogP contribution in [-0.2, 0) is 0 Å². The highest BCUT2D eigenvalue weighted by atomic mass is 127. The second-order valence-electron chi connectivity index (χ2n) is 5.25. The third kappa shape index (κ3) is 2.94. The van der Waals surface area contributed by atoms with Gasteiger partial charge in [0, 0.05) is 27.7 Å². The van der Waals surface area contributed by atoms with Gasteiger partial charge in [-0.05, 0) is 59.0 Å². The highest BCUT2D eigenvalue weighted by molar-refractivity contribution is 14.1. The minimum atomic E-state index is 0.841. The predicted octanol–water partition coefficient (Wildman–Crippen LogP) is 4.60. The van der Waals surface area contributed by atoms with Gasteiger partial charge in [0.25, 0.3) is 0 Å². The molecule has 4 rings (SSSR count). The molecule has 1 aromatic carbocycles. The average molecular weight is 424 g/mol. The quantitative estimate of drug-likeness (QED) is 0.452. The Bertz CT molecular complexity index is 948. The molecular weight excluding hydrogens is 411 g/mol. The van der Waals surface area contributed by atoms with Gasteiger partial charge in [0.15, 0.2) is 0 Å². The predicted molar refractivity (Wildman–Crippen MR) is 103 cm³/mol. The summed E-state index contributed by atoms with van der Waals surface area (Å²) in [5.41, 5.74) is 3.72. The Morgan fingerprint density at radius 2 is 1.71 bits per heavy atom. The Morgan fingerprint density at radius 1 is 0.833 bits per heavy atom. The Kier molecular flexibility index (Phi) is 4.08. The lowest BCUT2D eigenvalue weighted by atomic mass is 10.2. The number of benzene rings is 1. The topological polar surface area (TPSA) is 43.6 Å². The fraction of sp³-hybridized carbons (Fsp3) is 0. The van der Waals surface area contributed by atoms with Gasteiger partial charge in [0.1, 0.15) is 11.5 Å². The first-order valence-electron chi connectivity index (χ1n) is 7.48. The van der Waals surface area contributed by atoms with Crippen molar-refractivity contribution in [2.75, 3.05) is 0 Å². The van der Waals surface area contributed by atoms with Crippen LogP contribution in [0.25, 0.3) is 28.5 Å². The van der Waals surface area contributed by atoms with Crippen molar-refractivity contribution in [2.24, 2.45) is 0 Å². The molecule has 0 N–H and O–H groups in total. The molecule has 0 saturated carbocycles. The van der Waals surface area contributed by atoms with Gasteiger partial charge in [0.2, 0.25) is 0 Å². The maximum Gasteiger partial charge on any atom is 0.145 e. The Hall–Kier alpha value is -2.54. The summed E-state index contributed by atoms with van der Waals surface area (Å²) in [4.78, 5) is 13.5. The lowest BCUT2D eigenvalue weighted by molar-refractivity contribution is 1.05. The summed E-state index contributed by atoms with van der Waals surface area (Å²) >= 11 is 2.30. The van der Waals surface area contributed by atoms with E-state index in [2.05, 4.69) is 61.4 Å². The molecule has 0 amide bonds. The summed E-state index contributed by atoms with van der Waals surface area (Å²) in [6.45, 7) is 0. The van der Waals surface area contributed by atoms with Crippen LogP contribution in [0.4, 0.5) is 0 Å². The molecule has 3 heterocycles. The van der Waals surface area contributed by atoms with Gasteiger partial charge in [-0.25, -0.2) is 4.98 Å². The first kappa shape index (κ1) is 15.0. The van der Waals surface area contributed by atoms with Crippen LogP contribution < -0.4 is 0 Å². The molecular formula is C19H13IN4. The number of aromatic nitrogens is 4. The van der Waals surface area contributed by atoms with Gasteiger partial charge in [-0.3, -0.25) is 14.5 Å². The van der Waals surface area contributed by atoms with E-state index >= 15 is 0 Å². The van der Waals surface area contributed by atoms with E-state index < -0.39 is 0 Å². The normalized spacial score (nSPS) is 10.7. The van der Waals surface area contributed by atoms with Crippen LogP contribution in [0, 0.1) is 3.57 Å². The molecule has 24 heavy (non-hydrogen) atoms. The van der Waals surface area contributed by atoms with E-state index in [-0.39, 0.29) is 0 Å². The minimum absolute atomic E-state index is 0.841. The van der Waals surface area contributed by atoms with Crippen molar-refractivity contribution in [1.29, 1.82) is 0 Å². The number of hydrogen-bond donors (Lipinski definition) is 0. The van der Waals surface area contributed by atoms with Crippen LogP contribution in [0.3, 0.4) is 0 Å². The minimum Gasteiger partial charge on any atom is -0.298 e. The Morgan fingerprint density at radius 3 is 2.42 bits per heavy atom. The van der Waals surface area contributed by atoms with Crippen molar-refractivity contribution in [3.8, 4) is 28.5 Å². The van der Waals surface area contributed by atoms with Crippen LogP contribution >= 0.6 is 22.6 Å². The summed E-state index contributed by atoms with van der Waals surface area (Å²) in [5, 5.41) is 0. The Labute approximate surface area is 153 Å².